The van der Waals surface area contributed by atoms with Crippen molar-refractivity contribution in [2.45, 2.75) is 6.54 Å². The van der Waals surface area contributed by atoms with Gasteiger partial charge in [-0.2, -0.15) is 0 Å². The van der Waals surface area contributed by atoms with Gasteiger partial charge in [-0.25, -0.2) is 4.98 Å². The lowest BCUT2D eigenvalue weighted by molar-refractivity contribution is 0.0951. The van der Waals surface area contributed by atoms with E-state index in [1.165, 1.54) is 0 Å². The smallest absolute Gasteiger partial charge is 0.255 e. The number of hydrogen-bond acceptors (Lipinski definition) is 4. The third-order valence-electron chi connectivity index (χ3n) is 3.51. The summed E-state index contributed by atoms with van der Waals surface area (Å²) < 4.78 is 6.94. The van der Waals surface area contributed by atoms with E-state index < -0.39 is 0 Å². The van der Waals surface area contributed by atoms with Gasteiger partial charge >= 0.3 is 0 Å². The lowest BCUT2D eigenvalue weighted by Gasteiger charge is -2.09. The van der Waals surface area contributed by atoms with Crippen molar-refractivity contribution in [2.24, 2.45) is 0 Å². The summed E-state index contributed by atoms with van der Waals surface area (Å²) in [5.41, 5.74) is 7.04. The van der Waals surface area contributed by atoms with E-state index in [9.17, 15) is 4.79 Å². The highest BCUT2D eigenvalue weighted by atomic mass is 127. The van der Waals surface area contributed by atoms with Gasteiger partial charge in [0, 0.05) is 16.3 Å². The van der Waals surface area contributed by atoms with Crippen molar-refractivity contribution in [3.8, 4) is 11.5 Å². The predicted octanol–water partition coefficient (Wildman–Crippen LogP) is 3.99. The summed E-state index contributed by atoms with van der Waals surface area (Å²) in [5, 5.41) is 2.83. The Bertz CT molecular complexity index is 865. The Hall–Kier alpha value is -2.61. The molecular formula is C19H16IN3O2. The van der Waals surface area contributed by atoms with E-state index in [0.29, 0.717) is 12.1 Å². The first-order valence-electron chi connectivity index (χ1n) is 7.63. The van der Waals surface area contributed by atoms with Crippen LogP contribution in [-0.4, -0.2) is 10.9 Å². The number of nitrogens with one attached hydrogen (secondary N) is 1. The summed E-state index contributed by atoms with van der Waals surface area (Å²) in [4.78, 5) is 16.0. The molecule has 5 nitrogen and oxygen atoms in total. The topological polar surface area (TPSA) is 77.2 Å². The molecule has 3 aromatic rings. The molecule has 1 heterocycles. The molecule has 0 aliphatic rings. The van der Waals surface area contributed by atoms with Gasteiger partial charge in [-0.3, -0.25) is 4.79 Å². The zero-order valence-electron chi connectivity index (χ0n) is 13.3. The molecule has 0 bridgehead atoms. The Morgan fingerprint density at radius 2 is 1.68 bits per heavy atom. The number of nitrogen functional groups attached to an aromatic ring is 1. The molecule has 0 spiro atoms. The Morgan fingerprint density at radius 1 is 1.04 bits per heavy atom. The van der Waals surface area contributed by atoms with E-state index in [-0.39, 0.29) is 11.7 Å². The summed E-state index contributed by atoms with van der Waals surface area (Å²) in [5.74, 6) is 1.51. The fourth-order valence-electron chi connectivity index (χ4n) is 2.20. The van der Waals surface area contributed by atoms with E-state index in [1.807, 2.05) is 48.5 Å². The minimum Gasteiger partial charge on any atom is -0.457 e. The van der Waals surface area contributed by atoms with Crippen LogP contribution in [0.3, 0.4) is 0 Å². The van der Waals surface area contributed by atoms with E-state index in [4.69, 9.17) is 10.5 Å². The number of ether oxygens (including phenoxy) is 1. The largest absolute Gasteiger partial charge is 0.457 e. The molecule has 0 radical (unpaired) electrons. The van der Waals surface area contributed by atoms with Crippen molar-refractivity contribution in [1.29, 1.82) is 0 Å². The number of rotatable bonds is 5. The number of halogens is 1. The fraction of sp³-hybridized carbons (Fsp3) is 0.0526. The van der Waals surface area contributed by atoms with Crippen LogP contribution in [0.25, 0.3) is 0 Å². The minimum atomic E-state index is -0.246. The van der Waals surface area contributed by atoms with Crippen LogP contribution in [-0.2, 0) is 6.54 Å². The number of benzene rings is 2. The van der Waals surface area contributed by atoms with Crippen molar-refractivity contribution >= 4 is 34.3 Å². The molecule has 0 fully saturated rings. The zero-order chi connectivity index (χ0) is 17.6. The number of carbonyl (C=O) groups is 1. The lowest BCUT2D eigenvalue weighted by Crippen LogP contribution is -2.24. The quantitative estimate of drug-likeness (QED) is 0.583. The monoisotopic (exact) mass is 445 g/mol. The molecular weight excluding hydrogens is 429 g/mol. The normalized spacial score (nSPS) is 10.3. The van der Waals surface area contributed by atoms with Gasteiger partial charge in [-0.15, -0.1) is 0 Å². The van der Waals surface area contributed by atoms with Crippen LogP contribution in [0.4, 0.5) is 5.82 Å². The maximum atomic E-state index is 12.1. The second-order valence-corrected chi connectivity index (χ2v) is 6.56. The van der Waals surface area contributed by atoms with Crippen LogP contribution in [0.2, 0.25) is 0 Å². The highest BCUT2D eigenvalue weighted by Crippen LogP contribution is 2.22. The van der Waals surface area contributed by atoms with Crippen LogP contribution in [0.5, 0.6) is 11.5 Å². The van der Waals surface area contributed by atoms with E-state index in [1.54, 1.807) is 18.3 Å². The molecule has 0 atom stereocenters. The summed E-state index contributed by atoms with van der Waals surface area (Å²) in [6.45, 7) is 0.400. The predicted molar refractivity (Wildman–Crippen MR) is 105 cm³/mol. The van der Waals surface area contributed by atoms with Crippen molar-refractivity contribution in [2.75, 3.05) is 5.73 Å². The molecule has 3 rings (SSSR count). The second-order valence-electron chi connectivity index (χ2n) is 5.32. The highest BCUT2D eigenvalue weighted by Gasteiger charge is 2.09. The van der Waals surface area contributed by atoms with Crippen LogP contribution in [0.15, 0.2) is 66.9 Å². The zero-order valence-corrected chi connectivity index (χ0v) is 15.4. The number of nitrogens with two attached hydrogens (primary N) is 1. The van der Waals surface area contributed by atoms with Crippen LogP contribution in [0.1, 0.15) is 15.9 Å². The number of anilines is 1. The molecule has 6 heteroatoms. The van der Waals surface area contributed by atoms with Gasteiger partial charge in [-0.1, -0.05) is 12.1 Å². The number of pyridine rings is 1. The second kappa shape index (κ2) is 7.98. The standard InChI is InChI=1S/C19H16IN3O2/c20-14-5-9-16(10-6-14)25-15-7-3-13(4-8-15)12-23-19(24)17-2-1-11-22-18(17)21/h1-11H,12H2,(H2,21,22)(H,23,24). The molecule has 0 aliphatic heterocycles. The van der Waals surface area contributed by atoms with Crippen molar-refractivity contribution in [3.05, 3.63) is 81.6 Å². The molecule has 126 valence electrons. The van der Waals surface area contributed by atoms with Crippen LogP contribution >= 0.6 is 22.6 Å². The van der Waals surface area contributed by atoms with Gasteiger partial charge in [0.05, 0.1) is 5.56 Å². The van der Waals surface area contributed by atoms with Gasteiger partial charge in [0.15, 0.2) is 0 Å². The molecule has 0 saturated heterocycles. The lowest BCUT2D eigenvalue weighted by atomic mass is 10.2. The van der Waals surface area contributed by atoms with Gasteiger partial charge < -0.3 is 15.8 Å². The number of hydrogen-bond donors (Lipinski definition) is 2. The summed E-state index contributed by atoms with van der Waals surface area (Å²) in [7, 11) is 0. The third kappa shape index (κ3) is 4.69. The van der Waals surface area contributed by atoms with Gasteiger partial charge in [0.25, 0.3) is 5.91 Å². The van der Waals surface area contributed by atoms with Crippen molar-refractivity contribution in [1.82, 2.24) is 10.3 Å². The molecule has 25 heavy (non-hydrogen) atoms. The first-order valence-corrected chi connectivity index (χ1v) is 8.71. The molecule has 0 unspecified atom stereocenters. The third-order valence-corrected chi connectivity index (χ3v) is 4.23. The van der Waals surface area contributed by atoms with Crippen LogP contribution < -0.4 is 15.8 Å². The Kier molecular flexibility index (Phi) is 5.49. The van der Waals surface area contributed by atoms with Gasteiger partial charge in [0.1, 0.15) is 17.3 Å². The number of carbonyl (C=O) groups excluding carboxylic acids is 1. The molecule has 1 amide bonds. The number of amides is 1. The summed E-state index contributed by atoms with van der Waals surface area (Å²) >= 11 is 2.25. The Labute approximate surface area is 159 Å². The van der Waals surface area contributed by atoms with Crippen molar-refractivity contribution < 1.29 is 9.53 Å². The van der Waals surface area contributed by atoms with Gasteiger partial charge in [-0.05, 0) is 76.7 Å². The first-order chi connectivity index (χ1) is 12.1. The van der Waals surface area contributed by atoms with Crippen LogP contribution in [0, 0.1) is 3.57 Å². The van der Waals surface area contributed by atoms with E-state index in [2.05, 4.69) is 32.9 Å². The average Bonchev–Trinajstić information content (AvgIpc) is 2.63. The molecule has 3 N–H and O–H groups in total. The molecule has 2 aromatic carbocycles. The Morgan fingerprint density at radius 3 is 2.32 bits per heavy atom. The Balaban J connectivity index is 1.58. The summed E-state index contributed by atoms with van der Waals surface area (Å²) in [6.07, 6.45) is 1.55. The van der Waals surface area contributed by atoms with E-state index in [0.717, 1.165) is 20.6 Å². The molecule has 0 aliphatic carbocycles. The van der Waals surface area contributed by atoms with E-state index >= 15 is 0 Å². The fourth-order valence-corrected chi connectivity index (χ4v) is 2.56. The van der Waals surface area contributed by atoms with Gasteiger partial charge in [0.2, 0.25) is 0 Å². The highest BCUT2D eigenvalue weighted by molar-refractivity contribution is 14.1. The minimum absolute atomic E-state index is 0.223. The maximum Gasteiger partial charge on any atom is 0.255 e. The summed E-state index contributed by atoms with van der Waals surface area (Å²) in [6, 6.07) is 18.7. The van der Waals surface area contributed by atoms with Crippen molar-refractivity contribution in [3.63, 3.8) is 0 Å². The number of nitrogens with zero attached hydrogens (tertiary/aromatic N) is 1. The first kappa shape index (κ1) is 17.2. The SMILES string of the molecule is Nc1ncccc1C(=O)NCc1ccc(Oc2ccc(I)cc2)cc1. The average molecular weight is 445 g/mol. The maximum absolute atomic E-state index is 12.1. The molecule has 0 saturated carbocycles. The number of aromatic nitrogens is 1. The molecule has 1 aromatic heterocycles.